The number of aromatic nitrogens is 4. The fourth-order valence-electron chi connectivity index (χ4n) is 12.1. The topological polar surface area (TPSA) is 94.3 Å². The zero-order chi connectivity index (χ0) is 63.4. The minimum Gasteiger partial charge on any atom is -1.00 e. The average molecular weight is 1320 g/mol. The van der Waals surface area contributed by atoms with Gasteiger partial charge in [-0.15, -0.1) is 0 Å². The molecular weight excluding hydrogens is 1220 g/mol. The molecule has 0 unspecified atom stereocenters. The summed E-state index contributed by atoms with van der Waals surface area (Å²) in [5, 5.41) is 0. The highest BCUT2D eigenvalue weighted by Crippen LogP contribution is 2.40. The Hall–Kier alpha value is -6.57. The Morgan fingerprint density at radius 1 is 0.280 bits per heavy atom. The molecular formula is C79H106Cl3N7O4. The van der Waals surface area contributed by atoms with E-state index in [-0.39, 0.29) is 37.2 Å². The van der Waals surface area contributed by atoms with Gasteiger partial charge in [0.1, 0.15) is 23.0 Å². The van der Waals surface area contributed by atoms with Crippen LogP contribution in [0.3, 0.4) is 0 Å². The van der Waals surface area contributed by atoms with Gasteiger partial charge in [0, 0.05) is 44.3 Å². The van der Waals surface area contributed by atoms with Crippen molar-refractivity contribution in [3.8, 4) is 67.5 Å². The molecule has 3 aromatic heterocycles. The summed E-state index contributed by atoms with van der Waals surface area (Å²) in [5.41, 5.74) is 15.3. The van der Waals surface area contributed by atoms with E-state index >= 15 is 0 Å². The van der Waals surface area contributed by atoms with E-state index in [0.717, 1.165) is 190 Å². The zero-order valence-corrected chi connectivity index (χ0v) is 59.8. The molecule has 2 aliphatic rings. The fraction of sp³-hybridized carbons (Fsp3) is 0.443. The van der Waals surface area contributed by atoms with Crippen LogP contribution in [0.15, 0.2) is 121 Å². The fourth-order valence-corrected chi connectivity index (χ4v) is 12.1. The summed E-state index contributed by atoms with van der Waals surface area (Å²) in [5.74, 6) is 3.46. The molecule has 9 rings (SSSR count). The van der Waals surface area contributed by atoms with Crippen LogP contribution in [0.4, 0.5) is 0 Å². The second kappa shape index (κ2) is 36.9. The van der Waals surface area contributed by atoms with E-state index in [9.17, 15) is 0 Å². The maximum atomic E-state index is 6.39. The predicted octanol–water partition coefficient (Wildman–Crippen LogP) is 10.0. The highest BCUT2D eigenvalue weighted by atomic mass is 35.5. The van der Waals surface area contributed by atoms with Gasteiger partial charge in [-0.05, 0) is 184 Å². The number of aromatic amines is 2. The van der Waals surface area contributed by atoms with Gasteiger partial charge in [-0.3, -0.25) is 0 Å². The lowest BCUT2D eigenvalue weighted by Gasteiger charge is -2.23. The Kier molecular flexibility index (Phi) is 30.0. The van der Waals surface area contributed by atoms with Crippen LogP contribution < -0.4 is 56.2 Å². The van der Waals surface area contributed by atoms with Crippen molar-refractivity contribution in [3.05, 3.63) is 144 Å². The van der Waals surface area contributed by atoms with Gasteiger partial charge in [0.05, 0.1) is 132 Å². The number of nitrogens with one attached hydrogen (secondary N) is 2. The van der Waals surface area contributed by atoms with Crippen LogP contribution in [0.1, 0.15) is 145 Å². The van der Waals surface area contributed by atoms with E-state index in [1.807, 2.05) is 0 Å². The number of unbranched alkanes of at least 4 members (excludes halogenated alkanes) is 14. The van der Waals surface area contributed by atoms with Crippen LogP contribution in [0, 0.1) is 0 Å². The Bertz CT molecular complexity index is 3550. The van der Waals surface area contributed by atoms with Gasteiger partial charge in [0.25, 0.3) is 0 Å². The van der Waals surface area contributed by atoms with Crippen molar-refractivity contribution in [2.75, 3.05) is 109 Å². The highest BCUT2D eigenvalue weighted by Gasteiger charge is 2.20. The van der Waals surface area contributed by atoms with Crippen molar-refractivity contribution in [1.82, 2.24) is 19.9 Å². The van der Waals surface area contributed by atoms with Crippen LogP contribution in [0.25, 0.3) is 90.9 Å². The molecule has 2 N–H and O–H groups in total. The molecule has 4 aromatic carbocycles. The second-order valence-electron chi connectivity index (χ2n) is 28.0. The number of ether oxygens (including phenoxy) is 4. The van der Waals surface area contributed by atoms with Gasteiger partial charge in [0.2, 0.25) is 0 Å². The monoisotopic (exact) mass is 1320 g/mol. The predicted molar refractivity (Wildman–Crippen MR) is 380 cm³/mol. The van der Waals surface area contributed by atoms with E-state index in [0.29, 0.717) is 26.4 Å². The smallest absolute Gasteiger partial charge is 0.119 e. The summed E-state index contributed by atoms with van der Waals surface area (Å²) in [6.45, 7) is 8.52. The van der Waals surface area contributed by atoms with Gasteiger partial charge < -0.3 is 79.6 Å². The highest BCUT2D eigenvalue weighted by molar-refractivity contribution is 6.00. The Morgan fingerprint density at radius 2 is 0.495 bits per heavy atom. The molecule has 0 amide bonds. The summed E-state index contributed by atoms with van der Waals surface area (Å²) in [6.07, 6.45) is 30.2. The first-order chi connectivity index (χ1) is 43.5. The zero-order valence-electron chi connectivity index (χ0n) is 57.5. The lowest BCUT2D eigenvalue weighted by atomic mass is 10.0. The number of quaternary nitrogens is 3. The van der Waals surface area contributed by atoms with Crippen LogP contribution >= 0.6 is 0 Å². The molecule has 502 valence electrons. The third-order valence-corrected chi connectivity index (χ3v) is 17.1. The third-order valence-electron chi connectivity index (χ3n) is 17.1. The normalized spacial score (nSPS) is 12.1. The van der Waals surface area contributed by atoms with Crippen LogP contribution in [0.2, 0.25) is 0 Å². The van der Waals surface area contributed by atoms with Gasteiger partial charge >= 0.3 is 0 Å². The van der Waals surface area contributed by atoms with Gasteiger partial charge in [-0.1, -0.05) is 107 Å². The molecule has 2 aliphatic heterocycles. The SMILES string of the molecule is CCCCCCCCCCCOc1ccc(-c2c3nc(c(-c4ccc(OCCCCC[N+](C)(C)C)cc4)c4ccc([nH]4)c(-c4ccc(OCCCCC[N+](C)(C)C)cc4)c4nc(c(-c5ccc(OCCCCC[N+](C)(C)C)cc5)c5ccc2[nH]5)C=C4)C=C3)cc1.[Cl-].[Cl-].[Cl-]. The van der Waals surface area contributed by atoms with Crippen molar-refractivity contribution >= 4 is 46.4 Å². The minimum absolute atomic E-state index is 0. The first kappa shape index (κ1) is 75.5. The number of halogens is 3. The first-order valence-corrected chi connectivity index (χ1v) is 34.0. The maximum Gasteiger partial charge on any atom is 0.119 e. The summed E-state index contributed by atoms with van der Waals surface area (Å²) >= 11 is 0. The molecule has 7 aromatic rings. The van der Waals surface area contributed by atoms with Gasteiger partial charge in [0.15, 0.2) is 0 Å². The molecule has 0 spiro atoms. The number of fused-ring (bicyclic) bond motifs is 8. The molecule has 11 nitrogen and oxygen atoms in total. The Balaban J connectivity index is 0.00000457. The summed E-state index contributed by atoms with van der Waals surface area (Å²) in [7, 11) is 20.3. The van der Waals surface area contributed by atoms with E-state index in [1.54, 1.807) is 0 Å². The van der Waals surface area contributed by atoms with E-state index in [1.165, 1.54) is 70.6 Å². The molecule has 0 radical (unpaired) electrons. The molecule has 0 saturated heterocycles. The lowest BCUT2D eigenvalue weighted by molar-refractivity contribution is -0.870. The van der Waals surface area contributed by atoms with E-state index in [2.05, 4.69) is 226 Å². The summed E-state index contributed by atoms with van der Waals surface area (Å²) in [6, 6.07) is 43.0. The van der Waals surface area contributed by atoms with Crippen molar-refractivity contribution < 1.29 is 69.6 Å². The number of nitrogens with zero attached hydrogens (tertiary/aromatic N) is 5. The van der Waals surface area contributed by atoms with E-state index in [4.69, 9.17) is 28.9 Å². The van der Waals surface area contributed by atoms with Crippen molar-refractivity contribution in [1.29, 1.82) is 0 Å². The molecule has 0 fully saturated rings. The number of hydrogen-bond donors (Lipinski definition) is 2. The quantitative estimate of drug-likeness (QED) is 0.0300. The largest absolute Gasteiger partial charge is 1.00 e. The van der Waals surface area contributed by atoms with Crippen LogP contribution in [0.5, 0.6) is 23.0 Å². The van der Waals surface area contributed by atoms with Crippen molar-refractivity contribution in [3.63, 3.8) is 0 Å². The summed E-state index contributed by atoms with van der Waals surface area (Å²) in [4.78, 5) is 19.2. The molecule has 0 aliphatic carbocycles. The molecule has 0 saturated carbocycles. The third kappa shape index (κ3) is 23.4. The molecule has 5 heterocycles. The van der Waals surface area contributed by atoms with Gasteiger partial charge in [-0.2, -0.15) is 0 Å². The Labute approximate surface area is 576 Å². The molecule has 14 heteroatoms. The van der Waals surface area contributed by atoms with E-state index < -0.39 is 0 Å². The number of benzene rings is 4. The number of hydrogen-bond acceptors (Lipinski definition) is 6. The molecule has 93 heavy (non-hydrogen) atoms. The van der Waals surface area contributed by atoms with Crippen LogP contribution in [-0.2, 0) is 0 Å². The second-order valence-corrected chi connectivity index (χ2v) is 28.0. The van der Waals surface area contributed by atoms with Gasteiger partial charge in [-0.25, -0.2) is 9.97 Å². The van der Waals surface area contributed by atoms with Crippen molar-refractivity contribution in [2.24, 2.45) is 0 Å². The van der Waals surface area contributed by atoms with Crippen molar-refractivity contribution in [2.45, 2.75) is 122 Å². The average Bonchev–Trinajstić information content (AvgIpc) is 1.64. The minimum atomic E-state index is 0. The first-order valence-electron chi connectivity index (χ1n) is 34.0. The number of rotatable bonds is 36. The number of H-pyrrole nitrogens is 2. The lowest BCUT2D eigenvalue weighted by Crippen LogP contribution is -3.00. The molecule has 8 bridgehead atoms. The standard InChI is InChI=1S/C79H106N7O4.3ClH/c1-11-12-13-14-15-16-17-18-25-56-87-64-37-29-60(30-38-64)76-68-45-47-70(80-68)77(61-31-39-65(40-32-61)88-57-26-19-22-53-84(2,3)4)72-49-51-74(82-72)79(63-35-43-67(44-36-63)90-59-28-21-24-55-86(8,9)10)75-52-50-73(83-75)78(71-48-46-69(76)81-71)62-33-41-66(42-34-62)89-58-27-20-23-54-85(5,6)7;;;/h29-52,80,83H,11-28,53-59H2,1-10H3;3*1H/q+3;;;/p-3. The Morgan fingerprint density at radius 3 is 0.720 bits per heavy atom. The van der Waals surface area contributed by atoms with Crippen LogP contribution in [-0.4, -0.2) is 143 Å². The molecule has 0 atom stereocenters. The summed E-state index contributed by atoms with van der Waals surface area (Å²) < 4.78 is 28.4. The maximum absolute atomic E-state index is 6.39.